The summed E-state index contributed by atoms with van der Waals surface area (Å²) in [5.74, 6) is -0.412. The van der Waals surface area contributed by atoms with Crippen molar-refractivity contribution in [3.8, 4) is 5.75 Å². The first-order valence-corrected chi connectivity index (χ1v) is 6.81. The smallest absolute Gasteiger partial charge is 0.347 e. The molecule has 0 fully saturated rings. The Bertz CT molecular complexity index is 594. The standard InChI is InChI=1S/C11H8BrClO3S/c1-2-16-6-4-3-5(12)9-7(6)8(13)10(17-9)11(14)15/h3-4H,2H2,1H3,(H,14,15). The molecule has 1 aromatic carbocycles. The Morgan fingerprint density at radius 2 is 2.29 bits per heavy atom. The molecule has 0 aliphatic rings. The molecule has 0 amide bonds. The van der Waals surface area contributed by atoms with Gasteiger partial charge >= 0.3 is 5.97 Å². The maximum atomic E-state index is 11.0. The van der Waals surface area contributed by atoms with E-state index in [1.165, 1.54) is 0 Å². The molecule has 0 atom stereocenters. The highest BCUT2D eigenvalue weighted by Crippen LogP contribution is 2.44. The number of benzene rings is 1. The lowest BCUT2D eigenvalue weighted by Gasteiger charge is -2.05. The van der Waals surface area contributed by atoms with E-state index >= 15 is 0 Å². The van der Waals surface area contributed by atoms with Gasteiger partial charge < -0.3 is 9.84 Å². The van der Waals surface area contributed by atoms with Crippen LogP contribution in [-0.2, 0) is 0 Å². The van der Waals surface area contributed by atoms with Gasteiger partial charge in [0.15, 0.2) is 0 Å². The van der Waals surface area contributed by atoms with E-state index in [-0.39, 0.29) is 9.90 Å². The maximum Gasteiger partial charge on any atom is 0.347 e. The average molecular weight is 336 g/mol. The molecule has 17 heavy (non-hydrogen) atoms. The molecule has 2 rings (SSSR count). The van der Waals surface area contributed by atoms with Crippen LogP contribution in [0.3, 0.4) is 0 Å². The molecule has 0 unspecified atom stereocenters. The summed E-state index contributed by atoms with van der Waals surface area (Å²) in [6.45, 7) is 2.37. The molecule has 0 aliphatic carbocycles. The number of rotatable bonds is 3. The van der Waals surface area contributed by atoms with E-state index in [0.29, 0.717) is 17.7 Å². The number of hydrogen-bond acceptors (Lipinski definition) is 3. The van der Waals surface area contributed by atoms with E-state index in [2.05, 4.69) is 15.9 Å². The predicted molar refractivity (Wildman–Crippen MR) is 72.7 cm³/mol. The van der Waals surface area contributed by atoms with Crippen LogP contribution in [0.25, 0.3) is 10.1 Å². The lowest BCUT2D eigenvalue weighted by atomic mass is 10.2. The Morgan fingerprint density at radius 1 is 1.59 bits per heavy atom. The summed E-state index contributed by atoms with van der Waals surface area (Å²) >= 11 is 10.6. The molecule has 0 bridgehead atoms. The Morgan fingerprint density at radius 3 is 2.88 bits per heavy atom. The van der Waals surface area contributed by atoms with E-state index in [9.17, 15) is 4.79 Å². The number of fused-ring (bicyclic) bond motifs is 1. The van der Waals surface area contributed by atoms with Crippen LogP contribution in [-0.4, -0.2) is 17.7 Å². The molecule has 2 aromatic rings. The average Bonchev–Trinajstić information content (AvgIpc) is 2.62. The third kappa shape index (κ3) is 2.14. The van der Waals surface area contributed by atoms with Crippen molar-refractivity contribution in [1.82, 2.24) is 0 Å². The Kier molecular flexibility index (Phi) is 3.61. The van der Waals surface area contributed by atoms with Gasteiger partial charge in [-0.2, -0.15) is 0 Å². The number of carbonyl (C=O) groups is 1. The molecule has 1 N–H and O–H groups in total. The van der Waals surface area contributed by atoms with Crippen LogP contribution in [0.5, 0.6) is 5.75 Å². The Labute approximate surface area is 115 Å². The van der Waals surface area contributed by atoms with Gasteiger partial charge in [0.05, 0.1) is 21.7 Å². The summed E-state index contributed by atoms with van der Waals surface area (Å²) in [5, 5.41) is 9.94. The maximum absolute atomic E-state index is 11.0. The SMILES string of the molecule is CCOc1ccc(Br)c2sc(C(=O)O)c(Cl)c12. The number of aromatic carboxylic acids is 1. The van der Waals surface area contributed by atoms with Crippen LogP contribution in [0.4, 0.5) is 0 Å². The molecule has 1 heterocycles. The third-order valence-electron chi connectivity index (χ3n) is 2.19. The zero-order valence-corrected chi connectivity index (χ0v) is 11.9. The molecule has 90 valence electrons. The van der Waals surface area contributed by atoms with Crippen molar-refractivity contribution in [2.24, 2.45) is 0 Å². The zero-order valence-electron chi connectivity index (χ0n) is 8.79. The number of thiophene rings is 1. The van der Waals surface area contributed by atoms with Gasteiger partial charge in [-0.05, 0) is 35.0 Å². The fraction of sp³-hybridized carbons (Fsp3) is 0.182. The minimum absolute atomic E-state index is 0.134. The molecule has 1 aromatic heterocycles. The minimum atomic E-state index is -1.02. The molecule has 0 saturated heterocycles. The van der Waals surface area contributed by atoms with Crippen LogP contribution >= 0.6 is 38.9 Å². The molecule has 0 aliphatic heterocycles. The van der Waals surface area contributed by atoms with Crippen LogP contribution in [0.1, 0.15) is 16.6 Å². The number of carboxylic acid groups (broad SMARTS) is 1. The number of halogens is 2. The van der Waals surface area contributed by atoms with Gasteiger partial charge in [-0.1, -0.05) is 11.6 Å². The number of ether oxygens (including phenoxy) is 1. The van der Waals surface area contributed by atoms with Crippen LogP contribution < -0.4 is 4.74 Å². The molecule has 0 saturated carbocycles. The fourth-order valence-electron chi connectivity index (χ4n) is 1.52. The van der Waals surface area contributed by atoms with Crippen molar-refractivity contribution in [3.63, 3.8) is 0 Å². The molecule has 6 heteroatoms. The quantitative estimate of drug-likeness (QED) is 0.903. The summed E-state index contributed by atoms with van der Waals surface area (Å²) < 4.78 is 7.06. The topological polar surface area (TPSA) is 46.5 Å². The van der Waals surface area contributed by atoms with E-state index in [1.807, 2.05) is 13.0 Å². The summed E-state index contributed by atoms with van der Waals surface area (Å²) in [5.41, 5.74) is 0. The van der Waals surface area contributed by atoms with Crippen molar-refractivity contribution in [2.45, 2.75) is 6.92 Å². The van der Waals surface area contributed by atoms with Crippen LogP contribution in [0, 0.1) is 0 Å². The van der Waals surface area contributed by atoms with Crippen LogP contribution in [0.15, 0.2) is 16.6 Å². The first-order valence-electron chi connectivity index (χ1n) is 4.82. The Balaban J connectivity index is 2.79. The summed E-state index contributed by atoms with van der Waals surface area (Å²) in [7, 11) is 0. The largest absolute Gasteiger partial charge is 0.493 e. The van der Waals surface area contributed by atoms with Crippen molar-refractivity contribution in [3.05, 3.63) is 26.5 Å². The molecule has 0 radical (unpaired) electrons. The predicted octanol–water partition coefficient (Wildman–Crippen LogP) is 4.41. The molecule has 0 spiro atoms. The second-order valence-corrected chi connectivity index (χ2v) is 5.49. The lowest BCUT2D eigenvalue weighted by molar-refractivity contribution is 0.0702. The van der Waals surface area contributed by atoms with E-state index in [4.69, 9.17) is 21.4 Å². The van der Waals surface area contributed by atoms with Gasteiger partial charge in [-0.25, -0.2) is 4.79 Å². The normalized spacial score (nSPS) is 10.8. The van der Waals surface area contributed by atoms with Gasteiger partial charge in [0.1, 0.15) is 10.6 Å². The van der Waals surface area contributed by atoms with Gasteiger partial charge in [0.25, 0.3) is 0 Å². The Hall–Kier alpha value is -0.780. The van der Waals surface area contributed by atoms with Crippen molar-refractivity contribution >= 4 is 54.9 Å². The number of hydrogen-bond donors (Lipinski definition) is 1. The van der Waals surface area contributed by atoms with Crippen molar-refractivity contribution in [2.75, 3.05) is 6.61 Å². The summed E-state index contributed by atoms with van der Waals surface area (Å²) in [6.07, 6.45) is 0. The van der Waals surface area contributed by atoms with E-state index in [1.54, 1.807) is 6.07 Å². The summed E-state index contributed by atoms with van der Waals surface area (Å²) in [6, 6.07) is 3.60. The monoisotopic (exact) mass is 334 g/mol. The zero-order chi connectivity index (χ0) is 12.6. The summed E-state index contributed by atoms with van der Waals surface area (Å²) in [4.78, 5) is 11.2. The van der Waals surface area contributed by atoms with Gasteiger partial charge in [-0.15, -0.1) is 11.3 Å². The third-order valence-corrected chi connectivity index (χ3v) is 4.81. The molecular weight excluding hydrogens is 328 g/mol. The van der Waals surface area contributed by atoms with E-state index in [0.717, 1.165) is 20.5 Å². The molecule has 3 nitrogen and oxygen atoms in total. The fourth-order valence-corrected chi connectivity index (χ4v) is 3.49. The second kappa shape index (κ2) is 4.84. The van der Waals surface area contributed by atoms with Crippen LogP contribution in [0.2, 0.25) is 5.02 Å². The first-order chi connectivity index (χ1) is 8.06. The second-order valence-electron chi connectivity index (χ2n) is 3.23. The highest BCUT2D eigenvalue weighted by molar-refractivity contribution is 9.10. The lowest BCUT2D eigenvalue weighted by Crippen LogP contribution is -1.93. The molecular formula is C11H8BrClO3S. The number of carboxylic acids is 1. The van der Waals surface area contributed by atoms with Gasteiger partial charge in [-0.3, -0.25) is 0 Å². The highest BCUT2D eigenvalue weighted by Gasteiger charge is 2.20. The van der Waals surface area contributed by atoms with Crippen molar-refractivity contribution < 1.29 is 14.6 Å². The first kappa shape index (κ1) is 12.7. The minimum Gasteiger partial charge on any atom is -0.493 e. The highest BCUT2D eigenvalue weighted by atomic mass is 79.9. The van der Waals surface area contributed by atoms with Crippen molar-refractivity contribution in [1.29, 1.82) is 0 Å². The van der Waals surface area contributed by atoms with E-state index < -0.39 is 5.97 Å². The van der Waals surface area contributed by atoms with Gasteiger partial charge in [0.2, 0.25) is 0 Å². The van der Waals surface area contributed by atoms with Gasteiger partial charge in [0, 0.05) is 4.47 Å².